The van der Waals surface area contributed by atoms with Crippen molar-refractivity contribution in [3.05, 3.63) is 58.1 Å². The fourth-order valence-electron chi connectivity index (χ4n) is 2.15. The molecule has 2 nitrogen and oxygen atoms in total. The van der Waals surface area contributed by atoms with Crippen molar-refractivity contribution in [2.24, 2.45) is 0 Å². The highest BCUT2D eigenvalue weighted by molar-refractivity contribution is 9.10. The molecule has 19 heavy (non-hydrogen) atoms. The molecule has 100 valence electrons. The van der Waals surface area contributed by atoms with Gasteiger partial charge in [-0.15, -0.1) is 0 Å². The zero-order valence-electron chi connectivity index (χ0n) is 10.6. The Morgan fingerprint density at radius 3 is 2.95 bits per heavy atom. The zero-order chi connectivity index (χ0) is 13.2. The number of rotatable bonds is 5. The van der Waals surface area contributed by atoms with Crippen molar-refractivity contribution in [2.45, 2.75) is 32.0 Å². The lowest BCUT2D eigenvalue weighted by molar-refractivity contribution is 0.586. The lowest BCUT2D eigenvalue weighted by Crippen LogP contribution is -2.18. The van der Waals surface area contributed by atoms with Gasteiger partial charge in [0.1, 0.15) is 5.82 Å². The highest BCUT2D eigenvalue weighted by Gasteiger charge is 2.20. The normalized spacial score (nSPS) is 14.8. The van der Waals surface area contributed by atoms with Crippen LogP contribution in [0, 0.1) is 5.82 Å². The van der Waals surface area contributed by atoms with Crippen molar-refractivity contribution >= 4 is 15.9 Å². The van der Waals surface area contributed by atoms with Crippen LogP contribution in [0.2, 0.25) is 0 Å². The van der Waals surface area contributed by atoms with Gasteiger partial charge >= 0.3 is 0 Å². The maximum Gasteiger partial charge on any atom is 0.128 e. The van der Waals surface area contributed by atoms with Gasteiger partial charge < -0.3 is 9.88 Å². The molecule has 1 aliphatic carbocycles. The molecular formula is C15H16BrFN2. The Labute approximate surface area is 120 Å². The summed E-state index contributed by atoms with van der Waals surface area (Å²) in [5.41, 5.74) is 1.91. The first kappa shape index (κ1) is 12.9. The number of nitrogens with zero attached hydrogens (tertiary/aromatic N) is 1. The third-order valence-electron chi connectivity index (χ3n) is 3.42. The van der Waals surface area contributed by atoms with Gasteiger partial charge in [0.2, 0.25) is 0 Å². The van der Waals surface area contributed by atoms with Crippen molar-refractivity contribution in [1.82, 2.24) is 9.88 Å². The van der Waals surface area contributed by atoms with E-state index in [1.54, 1.807) is 6.07 Å². The molecule has 3 rings (SSSR count). The Kier molecular flexibility index (Phi) is 3.71. The number of benzene rings is 1. The third-order valence-corrected chi connectivity index (χ3v) is 3.91. The quantitative estimate of drug-likeness (QED) is 0.888. The fraction of sp³-hybridized carbons (Fsp3) is 0.333. The van der Waals surface area contributed by atoms with Crippen LogP contribution in [0.4, 0.5) is 4.39 Å². The summed E-state index contributed by atoms with van der Waals surface area (Å²) >= 11 is 3.39. The highest BCUT2D eigenvalue weighted by Crippen LogP contribution is 2.20. The third kappa shape index (κ3) is 3.25. The van der Waals surface area contributed by atoms with E-state index in [2.05, 4.69) is 31.9 Å². The van der Waals surface area contributed by atoms with Gasteiger partial charge in [-0.25, -0.2) is 4.39 Å². The van der Waals surface area contributed by atoms with Gasteiger partial charge in [-0.3, -0.25) is 0 Å². The summed E-state index contributed by atoms with van der Waals surface area (Å²) in [6.45, 7) is 1.42. The van der Waals surface area contributed by atoms with Gasteiger partial charge in [0.25, 0.3) is 0 Å². The zero-order valence-corrected chi connectivity index (χ0v) is 12.2. The molecule has 0 atom stereocenters. The lowest BCUT2D eigenvalue weighted by Gasteiger charge is -2.11. The van der Waals surface area contributed by atoms with Gasteiger partial charge in [0.15, 0.2) is 0 Å². The summed E-state index contributed by atoms with van der Waals surface area (Å²) in [6, 6.07) is 9.86. The summed E-state index contributed by atoms with van der Waals surface area (Å²) in [5, 5.41) is 3.49. The van der Waals surface area contributed by atoms with Crippen LogP contribution in [-0.4, -0.2) is 10.6 Å². The molecule has 0 bridgehead atoms. The molecule has 0 unspecified atom stereocenters. The molecule has 0 amide bonds. The Hall–Kier alpha value is -1.13. The van der Waals surface area contributed by atoms with Gasteiger partial charge in [0, 0.05) is 34.5 Å². The van der Waals surface area contributed by atoms with E-state index in [1.165, 1.54) is 24.6 Å². The molecule has 0 spiro atoms. The van der Waals surface area contributed by atoms with Crippen LogP contribution >= 0.6 is 15.9 Å². The van der Waals surface area contributed by atoms with Crippen LogP contribution in [0.15, 0.2) is 41.0 Å². The molecule has 1 fully saturated rings. The van der Waals surface area contributed by atoms with Crippen molar-refractivity contribution in [3.63, 3.8) is 0 Å². The maximum atomic E-state index is 13.8. The van der Waals surface area contributed by atoms with E-state index >= 15 is 0 Å². The largest absolute Gasteiger partial charge is 0.346 e. The molecule has 1 aromatic heterocycles. The smallest absolute Gasteiger partial charge is 0.128 e. The Bertz CT molecular complexity index is 575. The van der Waals surface area contributed by atoms with Gasteiger partial charge in [-0.1, -0.05) is 15.9 Å². The highest BCUT2D eigenvalue weighted by atomic mass is 79.9. The SMILES string of the molecule is Fc1ccc(Br)cc1Cn1cccc1CNC1CC1. The maximum absolute atomic E-state index is 13.8. The Morgan fingerprint density at radius 2 is 2.16 bits per heavy atom. The second-order valence-electron chi connectivity index (χ2n) is 5.02. The lowest BCUT2D eigenvalue weighted by atomic mass is 10.2. The number of nitrogens with one attached hydrogen (secondary N) is 1. The first-order valence-corrected chi connectivity index (χ1v) is 7.33. The fourth-order valence-corrected chi connectivity index (χ4v) is 2.56. The van der Waals surface area contributed by atoms with Crippen LogP contribution < -0.4 is 5.32 Å². The average Bonchev–Trinajstić information content (AvgIpc) is 3.12. The molecule has 0 aliphatic heterocycles. The van der Waals surface area contributed by atoms with E-state index in [1.807, 2.05) is 18.3 Å². The van der Waals surface area contributed by atoms with Crippen LogP contribution in [0.3, 0.4) is 0 Å². The summed E-state index contributed by atoms with van der Waals surface area (Å²) in [6.07, 6.45) is 4.56. The number of halogens is 2. The summed E-state index contributed by atoms with van der Waals surface area (Å²) in [4.78, 5) is 0. The molecule has 1 aliphatic rings. The standard InChI is InChI=1S/C15H16BrFN2/c16-12-3-6-15(17)11(8-12)10-19-7-1-2-14(19)9-18-13-4-5-13/h1-3,6-8,13,18H,4-5,9-10H2. The molecule has 4 heteroatoms. The minimum absolute atomic E-state index is 0.155. The van der Waals surface area contributed by atoms with Crippen LogP contribution in [0.5, 0.6) is 0 Å². The van der Waals surface area contributed by atoms with Crippen LogP contribution in [0.1, 0.15) is 24.1 Å². The number of hydrogen-bond donors (Lipinski definition) is 1. The van der Waals surface area contributed by atoms with Crippen LogP contribution in [-0.2, 0) is 13.1 Å². The molecule has 0 radical (unpaired) electrons. The predicted octanol–water partition coefficient (Wildman–Crippen LogP) is 3.69. The number of aromatic nitrogens is 1. The van der Waals surface area contributed by atoms with Crippen LogP contribution in [0.25, 0.3) is 0 Å². The minimum atomic E-state index is -0.155. The van der Waals surface area contributed by atoms with Crippen molar-refractivity contribution in [1.29, 1.82) is 0 Å². The topological polar surface area (TPSA) is 17.0 Å². The predicted molar refractivity (Wildman–Crippen MR) is 77.5 cm³/mol. The molecular weight excluding hydrogens is 307 g/mol. The van der Waals surface area contributed by atoms with Gasteiger partial charge in [0.05, 0.1) is 6.54 Å². The molecule has 1 saturated carbocycles. The first-order valence-electron chi connectivity index (χ1n) is 6.54. The summed E-state index contributed by atoms with van der Waals surface area (Å²) in [7, 11) is 0. The minimum Gasteiger partial charge on any atom is -0.346 e. The van der Waals surface area contributed by atoms with Crippen molar-refractivity contribution in [3.8, 4) is 0 Å². The average molecular weight is 323 g/mol. The molecule has 1 aromatic carbocycles. The van der Waals surface area contributed by atoms with E-state index < -0.39 is 0 Å². The van der Waals surface area contributed by atoms with E-state index in [0.29, 0.717) is 18.2 Å². The van der Waals surface area contributed by atoms with Gasteiger partial charge in [-0.2, -0.15) is 0 Å². The second kappa shape index (κ2) is 5.47. The molecule has 0 saturated heterocycles. The van der Waals surface area contributed by atoms with E-state index in [-0.39, 0.29) is 5.82 Å². The Balaban J connectivity index is 1.74. The van der Waals surface area contributed by atoms with Crippen molar-refractivity contribution in [2.75, 3.05) is 0 Å². The molecule has 1 heterocycles. The molecule has 2 aromatic rings. The van der Waals surface area contributed by atoms with Crippen molar-refractivity contribution < 1.29 is 4.39 Å². The molecule has 1 N–H and O–H groups in total. The van der Waals surface area contributed by atoms with E-state index in [9.17, 15) is 4.39 Å². The monoisotopic (exact) mass is 322 g/mol. The van der Waals surface area contributed by atoms with E-state index in [0.717, 1.165) is 11.0 Å². The van der Waals surface area contributed by atoms with E-state index in [4.69, 9.17) is 0 Å². The second-order valence-corrected chi connectivity index (χ2v) is 5.93. The van der Waals surface area contributed by atoms with Gasteiger partial charge in [-0.05, 0) is 43.2 Å². The number of hydrogen-bond acceptors (Lipinski definition) is 1. The summed E-state index contributed by atoms with van der Waals surface area (Å²) < 4.78 is 16.8. The summed E-state index contributed by atoms with van der Waals surface area (Å²) in [5.74, 6) is -0.155. The first-order chi connectivity index (χ1) is 9.22. The Morgan fingerprint density at radius 1 is 1.32 bits per heavy atom.